The molecule has 0 fully saturated rings. The van der Waals surface area contributed by atoms with Crippen molar-refractivity contribution in [3.63, 3.8) is 0 Å². The number of H-pyrrole nitrogens is 2. The number of carbonyl (C=O) groups is 1. The molecule has 1 aromatic carbocycles. The summed E-state index contributed by atoms with van der Waals surface area (Å²) in [5.41, 5.74) is -0.0812. The lowest BCUT2D eigenvalue weighted by Gasteiger charge is -2.06. The number of nitrogens with one attached hydrogen (secondary N) is 3. The van der Waals surface area contributed by atoms with Crippen LogP contribution < -0.4 is 10.9 Å². The van der Waals surface area contributed by atoms with Crippen molar-refractivity contribution in [3.05, 3.63) is 51.8 Å². The molecule has 1 amide bonds. The maximum Gasteiger partial charge on any atom is 0.252 e. The van der Waals surface area contributed by atoms with Crippen LogP contribution in [0.5, 0.6) is 0 Å². The third-order valence-electron chi connectivity index (χ3n) is 2.85. The molecule has 8 nitrogen and oxygen atoms in total. The molecule has 2 aromatic heterocycles. The van der Waals surface area contributed by atoms with E-state index in [1.807, 2.05) is 0 Å². The highest BCUT2D eigenvalue weighted by molar-refractivity contribution is 6.05. The second-order valence-corrected chi connectivity index (χ2v) is 4.25. The minimum absolute atomic E-state index is 0.0603. The van der Waals surface area contributed by atoms with Gasteiger partial charge in [0, 0.05) is 11.5 Å². The number of halogens is 1. The van der Waals surface area contributed by atoms with Crippen LogP contribution in [-0.4, -0.2) is 31.5 Å². The molecule has 2 heterocycles. The number of amides is 1. The van der Waals surface area contributed by atoms with Crippen LogP contribution >= 0.6 is 0 Å². The quantitative estimate of drug-likeness (QED) is 0.632. The Morgan fingerprint density at radius 1 is 1.33 bits per heavy atom. The summed E-state index contributed by atoms with van der Waals surface area (Å²) in [4.78, 5) is 26.2. The van der Waals surface area contributed by atoms with Gasteiger partial charge in [-0.05, 0) is 18.2 Å². The molecule has 0 aliphatic rings. The monoisotopic (exact) mass is 288 g/mol. The summed E-state index contributed by atoms with van der Waals surface area (Å²) in [5, 5.41) is 16.0. The lowest BCUT2D eigenvalue weighted by Crippen LogP contribution is -2.25. The maximum atomic E-state index is 13.2. The number of hydrogen-bond acceptors (Lipinski definition) is 5. The van der Waals surface area contributed by atoms with Gasteiger partial charge in [0.2, 0.25) is 5.56 Å². The van der Waals surface area contributed by atoms with Gasteiger partial charge >= 0.3 is 0 Å². The fourth-order valence-corrected chi connectivity index (χ4v) is 1.93. The van der Waals surface area contributed by atoms with E-state index in [2.05, 4.69) is 30.9 Å². The van der Waals surface area contributed by atoms with E-state index in [1.165, 1.54) is 12.1 Å². The molecule has 0 saturated carbocycles. The minimum Gasteiger partial charge on any atom is -0.345 e. The SMILES string of the molecule is O=C(NCc1nn[nH]n1)c1cc(=O)[nH]c2cc(F)ccc12. The Labute approximate surface area is 116 Å². The highest BCUT2D eigenvalue weighted by Crippen LogP contribution is 2.16. The smallest absolute Gasteiger partial charge is 0.252 e. The molecular formula is C12H9FN6O2. The van der Waals surface area contributed by atoms with Crippen LogP contribution in [0.25, 0.3) is 10.9 Å². The summed E-state index contributed by atoms with van der Waals surface area (Å²) >= 11 is 0. The Bertz CT molecular complexity index is 858. The number of carbonyl (C=O) groups excluding carboxylic acids is 1. The lowest BCUT2D eigenvalue weighted by atomic mass is 10.1. The third kappa shape index (κ3) is 2.61. The van der Waals surface area contributed by atoms with Gasteiger partial charge in [-0.2, -0.15) is 5.21 Å². The average Bonchev–Trinajstić information content (AvgIpc) is 2.96. The predicted molar refractivity (Wildman–Crippen MR) is 69.9 cm³/mol. The van der Waals surface area contributed by atoms with Gasteiger partial charge in [0.05, 0.1) is 17.6 Å². The first-order chi connectivity index (χ1) is 10.1. The molecular weight excluding hydrogens is 279 g/mol. The van der Waals surface area contributed by atoms with Crippen molar-refractivity contribution in [2.75, 3.05) is 0 Å². The topological polar surface area (TPSA) is 116 Å². The molecule has 0 bridgehead atoms. The Morgan fingerprint density at radius 3 is 2.95 bits per heavy atom. The van der Waals surface area contributed by atoms with Crippen LogP contribution in [-0.2, 0) is 6.54 Å². The summed E-state index contributed by atoms with van der Waals surface area (Å²) in [7, 11) is 0. The fraction of sp³-hybridized carbons (Fsp3) is 0.0833. The molecule has 21 heavy (non-hydrogen) atoms. The van der Waals surface area contributed by atoms with E-state index in [-0.39, 0.29) is 17.6 Å². The standard InChI is InChI=1S/C12H9FN6O2/c13-6-1-2-7-8(4-11(20)15-9(7)3-6)12(21)14-5-10-16-18-19-17-10/h1-4H,5H2,(H,14,21)(H,15,20)(H,16,17,18,19). The summed E-state index contributed by atoms with van der Waals surface area (Å²) in [6, 6.07) is 4.97. The molecule has 3 aromatic rings. The number of aromatic nitrogens is 5. The van der Waals surface area contributed by atoms with E-state index in [9.17, 15) is 14.0 Å². The molecule has 3 rings (SSSR count). The predicted octanol–water partition coefficient (Wildman–Crippen LogP) is 0.110. The minimum atomic E-state index is -0.498. The van der Waals surface area contributed by atoms with Crippen LogP contribution in [0.15, 0.2) is 29.1 Å². The number of fused-ring (bicyclic) bond motifs is 1. The normalized spacial score (nSPS) is 10.7. The molecule has 3 N–H and O–H groups in total. The van der Waals surface area contributed by atoms with Crippen molar-refractivity contribution in [2.45, 2.75) is 6.54 Å². The van der Waals surface area contributed by atoms with Gasteiger partial charge in [-0.3, -0.25) is 9.59 Å². The van der Waals surface area contributed by atoms with Gasteiger partial charge in [0.1, 0.15) is 5.82 Å². The molecule has 0 spiro atoms. The van der Waals surface area contributed by atoms with Gasteiger partial charge in [-0.1, -0.05) is 5.21 Å². The van der Waals surface area contributed by atoms with Crippen LogP contribution in [0, 0.1) is 5.82 Å². The Kier molecular flexibility index (Phi) is 3.14. The Morgan fingerprint density at radius 2 is 2.19 bits per heavy atom. The molecule has 0 aliphatic carbocycles. The lowest BCUT2D eigenvalue weighted by molar-refractivity contribution is 0.0951. The summed E-state index contributed by atoms with van der Waals surface area (Å²) in [5.74, 6) is -0.673. The van der Waals surface area contributed by atoms with Gasteiger partial charge < -0.3 is 10.3 Å². The van der Waals surface area contributed by atoms with E-state index in [4.69, 9.17) is 0 Å². The maximum absolute atomic E-state index is 13.2. The highest BCUT2D eigenvalue weighted by Gasteiger charge is 2.13. The fourth-order valence-electron chi connectivity index (χ4n) is 1.93. The second-order valence-electron chi connectivity index (χ2n) is 4.25. The summed E-state index contributed by atoms with van der Waals surface area (Å²) in [6.07, 6.45) is 0. The van der Waals surface area contributed by atoms with Crippen molar-refractivity contribution in [2.24, 2.45) is 0 Å². The largest absolute Gasteiger partial charge is 0.345 e. The van der Waals surface area contributed by atoms with Gasteiger partial charge in [-0.25, -0.2) is 4.39 Å². The number of benzene rings is 1. The summed E-state index contributed by atoms with van der Waals surface area (Å²) in [6.45, 7) is 0.0603. The van der Waals surface area contributed by atoms with Crippen molar-refractivity contribution < 1.29 is 9.18 Å². The van der Waals surface area contributed by atoms with E-state index >= 15 is 0 Å². The number of pyridine rings is 1. The number of rotatable bonds is 3. The van der Waals surface area contributed by atoms with E-state index in [0.717, 1.165) is 12.1 Å². The van der Waals surface area contributed by atoms with Gasteiger partial charge in [0.15, 0.2) is 5.82 Å². The van der Waals surface area contributed by atoms with E-state index in [0.29, 0.717) is 11.2 Å². The number of hydrogen-bond donors (Lipinski definition) is 3. The van der Waals surface area contributed by atoms with Crippen molar-refractivity contribution in [1.29, 1.82) is 0 Å². The molecule has 0 unspecified atom stereocenters. The first kappa shape index (κ1) is 12.9. The molecule has 0 radical (unpaired) electrons. The Hall–Kier alpha value is -3.10. The Balaban J connectivity index is 1.95. The number of aromatic amines is 2. The van der Waals surface area contributed by atoms with Gasteiger partial charge in [-0.15, -0.1) is 10.2 Å². The van der Waals surface area contributed by atoms with Crippen LogP contribution in [0.3, 0.4) is 0 Å². The summed E-state index contributed by atoms with van der Waals surface area (Å²) < 4.78 is 13.2. The zero-order valence-electron chi connectivity index (χ0n) is 10.6. The van der Waals surface area contributed by atoms with E-state index in [1.54, 1.807) is 0 Å². The number of nitrogens with zero attached hydrogens (tertiary/aromatic N) is 3. The zero-order chi connectivity index (χ0) is 14.8. The van der Waals surface area contributed by atoms with Crippen LogP contribution in [0.4, 0.5) is 4.39 Å². The van der Waals surface area contributed by atoms with Crippen molar-refractivity contribution in [3.8, 4) is 0 Å². The molecule has 0 aliphatic heterocycles. The molecule has 0 atom stereocenters. The van der Waals surface area contributed by atoms with Crippen molar-refractivity contribution in [1.82, 2.24) is 30.9 Å². The van der Waals surface area contributed by atoms with Crippen LogP contribution in [0.1, 0.15) is 16.2 Å². The average molecular weight is 288 g/mol. The second kappa shape index (κ2) is 5.12. The molecule has 9 heteroatoms. The first-order valence-corrected chi connectivity index (χ1v) is 5.96. The molecule has 106 valence electrons. The van der Waals surface area contributed by atoms with Crippen molar-refractivity contribution >= 4 is 16.8 Å². The van der Waals surface area contributed by atoms with Gasteiger partial charge in [0.25, 0.3) is 5.91 Å². The number of tetrazole rings is 1. The first-order valence-electron chi connectivity index (χ1n) is 5.96. The van der Waals surface area contributed by atoms with Crippen LogP contribution in [0.2, 0.25) is 0 Å². The molecule has 0 saturated heterocycles. The zero-order valence-corrected chi connectivity index (χ0v) is 10.6. The van der Waals surface area contributed by atoms with E-state index < -0.39 is 17.3 Å². The highest BCUT2D eigenvalue weighted by atomic mass is 19.1. The third-order valence-corrected chi connectivity index (χ3v) is 2.85.